The maximum absolute atomic E-state index is 12.3. The van der Waals surface area contributed by atoms with E-state index in [4.69, 9.17) is 6.42 Å². The van der Waals surface area contributed by atoms with Crippen LogP contribution in [0, 0.1) is 18.3 Å². The van der Waals surface area contributed by atoms with Gasteiger partial charge in [-0.15, -0.1) is 6.42 Å². The van der Waals surface area contributed by atoms with Gasteiger partial charge in [0.2, 0.25) is 17.7 Å². The molecule has 0 bridgehead atoms. The lowest BCUT2D eigenvalue weighted by atomic mass is 10.1. The van der Waals surface area contributed by atoms with Crippen LogP contribution in [-0.2, 0) is 14.4 Å². The fourth-order valence-electron chi connectivity index (χ4n) is 3.68. The zero-order chi connectivity index (χ0) is 18.5. The number of hydrogen-bond donors (Lipinski definition) is 2. The number of carbonyl (C=O) groups excluding carboxylic acids is 3. The SMILES string of the molecule is C#Cc1cccc(NC(=O)CNC(=O)[C@@H]2CC(=O)N(C3CCCC3)C2)c1. The van der Waals surface area contributed by atoms with Crippen molar-refractivity contribution in [3.05, 3.63) is 29.8 Å². The quantitative estimate of drug-likeness (QED) is 0.788. The molecule has 1 aromatic rings. The lowest BCUT2D eigenvalue weighted by Gasteiger charge is -2.23. The van der Waals surface area contributed by atoms with E-state index in [-0.39, 0.29) is 42.6 Å². The fourth-order valence-corrected chi connectivity index (χ4v) is 3.68. The number of carbonyl (C=O) groups is 3. The van der Waals surface area contributed by atoms with Gasteiger partial charge in [-0.3, -0.25) is 14.4 Å². The number of amides is 3. The van der Waals surface area contributed by atoms with E-state index in [0.717, 1.165) is 25.7 Å². The largest absolute Gasteiger partial charge is 0.347 e. The molecule has 6 heteroatoms. The molecule has 0 aromatic heterocycles. The number of hydrogen-bond acceptors (Lipinski definition) is 3. The Balaban J connectivity index is 1.47. The molecule has 26 heavy (non-hydrogen) atoms. The Hall–Kier alpha value is -2.81. The summed E-state index contributed by atoms with van der Waals surface area (Å²) in [4.78, 5) is 38.3. The highest BCUT2D eigenvalue weighted by atomic mass is 16.2. The zero-order valence-electron chi connectivity index (χ0n) is 14.7. The van der Waals surface area contributed by atoms with Gasteiger partial charge in [-0.1, -0.05) is 24.8 Å². The van der Waals surface area contributed by atoms with E-state index < -0.39 is 0 Å². The molecule has 1 heterocycles. The molecule has 136 valence electrons. The van der Waals surface area contributed by atoms with Crippen molar-refractivity contribution in [2.24, 2.45) is 5.92 Å². The molecule has 3 rings (SSSR count). The van der Waals surface area contributed by atoms with Crippen molar-refractivity contribution in [1.82, 2.24) is 10.2 Å². The third kappa shape index (κ3) is 4.23. The number of rotatable bonds is 5. The van der Waals surface area contributed by atoms with E-state index in [2.05, 4.69) is 16.6 Å². The van der Waals surface area contributed by atoms with Gasteiger partial charge < -0.3 is 15.5 Å². The van der Waals surface area contributed by atoms with E-state index in [9.17, 15) is 14.4 Å². The molecule has 2 aliphatic rings. The number of anilines is 1. The predicted octanol–water partition coefficient (Wildman–Crippen LogP) is 1.51. The first-order valence-electron chi connectivity index (χ1n) is 9.00. The molecule has 2 N–H and O–H groups in total. The van der Waals surface area contributed by atoms with Gasteiger partial charge in [0.15, 0.2) is 0 Å². The predicted molar refractivity (Wildman–Crippen MR) is 98.1 cm³/mol. The lowest BCUT2D eigenvalue weighted by molar-refractivity contribution is -0.130. The third-order valence-corrected chi connectivity index (χ3v) is 5.03. The van der Waals surface area contributed by atoms with E-state index in [1.54, 1.807) is 24.3 Å². The summed E-state index contributed by atoms with van der Waals surface area (Å²) in [5, 5.41) is 5.33. The van der Waals surface area contributed by atoms with Crippen LogP contribution in [0.5, 0.6) is 0 Å². The van der Waals surface area contributed by atoms with Crippen molar-refractivity contribution in [2.75, 3.05) is 18.4 Å². The Kier molecular flexibility index (Phi) is 5.57. The summed E-state index contributed by atoms with van der Waals surface area (Å²) in [6, 6.07) is 7.23. The topological polar surface area (TPSA) is 78.5 Å². The van der Waals surface area contributed by atoms with Crippen LogP contribution in [0.4, 0.5) is 5.69 Å². The van der Waals surface area contributed by atoms with Gasteiger partial charge in [-0.2, -0.15) is 0 Å². The summed E-state index contributed by atoms with van der Waals surface area (Å²) in [5.74, 6) is 1.60. The molecule has 1 atom stereocenters. The first kappa shape index (κ1) is 18.0. The van der Waals surface area contributed by atoms with Crippen LogP contribution in [0.2, 0.25) is 0 Å². The van der Waals surface area contributed by atoms with Crippen molar-refractivity contribution >= 4 is 23.4 Å². The van der Waals surface area contributed by atoms with Crippen LogP contribution in [-0.4, -0.2) is 41.8 Å². The molecular formula is C20H23N3O3. The van der Waals surface area contributed by atoms with Crippen LogP contribution >= 0.6 is 0 Å². The molecule has 1 saturated heterocycles. The van der Waals surface area contributed by atoms with E-state index >= 15 is 0 Å². The van der Waals surface area contributed by atoms with Crippen molar-refractivity contribution < 1.29 is 14.4 Å². The van der Waals surface area contributed by atoms with Crippen molar-refractivity contribution in [3.63, 3.8) is 0 Å². The lowest BCUT2D eigenvalue weighted by Crippen LogP contribution is -2.39. The average Bonchev–Trinajstić information content (AvgIpc) is 3.29. The van der Waals surface area contributed by atoms with E-state index in [0.29, 0.717) is 17.8 Å². The Bertz CT molecular complexity index is 747. The number of terminal acetylenes is 1. The molecule has 1 aromatic carbocycles. The van der Waals surface area contributed by atoms with Crippen molar-refractivity contribution in [3.8, 4) is 12.3 Å². The summed E-state index contributed by atoms with van der Waals surface area (Å²) in [5.41, 5.74) is 1.26. The van der Waals surface area contributed by atoms with Gasteiger partial charge in [-0.25, -0.2) is 0 Å². The standard InChI is InChI=1S/C20H23N3O3/c1-2-14-6-5-7-16(10-14)22-18(24)12-21-20(26)15-11-19(25)23(13-15)17-8-3-4-9-17/h1,5-7,10,15,17H,3-4,8-9,11-13H2,(H,21,26)(H,22,24)/t15-/m1/s1. The van der Waals surface area contributed by atoms with Crippen molar-refractivity contribution in [2.45, 2.75) is 38.1 Å². The normalized spacial score (nSPS) is 20.0. The minimum Gasteiger partial charge on any atom is -0.347 e. The molecule has 2 fully saturated rings. The molecule has 3 amide bonds. The van der Waals surface area contributed by atoms with Gasteiger partial charge in [0.1, 0.15) is 0 Å². The second kappa shape index (κ2) is 8.05. The van der Waals surface area contributed by atoms with E-state index in [1.165, 1.54) is 0 Å². The minimum absolute atomic E-state index is 0.0487. The number of likely N-dealkylation sites (tertiary alicyclic amines) is 1. The molecule has 1 aliphatic carbocycles. The highest BCUT2D eigenvalue weighted by Gasteiger charge is 2.38. The van der Waals surface area contributed by atoms with E-state index in [1.807, 2.05) is 4.90 Å². The van der Waals surface area contributed by atoms with Gasteiger partial charge >= 0.3 is 0 Å². The highest BCUT2D eigenvalue weighted by molar-refractivity contribution is 5.96. The summed E-state index contributed by atoms with van der Waals surface area (Å²) in [7, 11) is 0. The first-order valence-corrected chi connectivity index (χ1v) is 9.00. The Morgan fingerprint density at radius 3 is 2.77 bits per heavy atom. The smallest absolute Gasteiger partial charge is 0.243 e. The molecule has 0 spiro atoms. The van der Waals surface area contributed by atoms with Crippen molar-refractivity contribution in [1.29, 1.82) is 0 Å². The molecule has 1 saturated carbocycles. The molecule has 6 nitrogen and oxygen atoms in total. The molecule has 0 radical (unpaired) electrons. The Morgan fingerprint density at radius 1 is 1.27 bits per heavy atom. The number of nitrogens with one attached hydrogen (secondary N) is 2. The average molecular weight is 353 g/mol. The van der Waals surface area contributed by atoms with Crippen LogP contribution in [0.1, 0.15) is 37.7 Å². The molecular weight excluding hydrogens is 330 g/mol. The molecule has 0 unspecified atom stereocenters. The van der Waals surface area contributed by atoms with Crippen LogP contribution in [0.25, 0.3) is 0 Å². The maximum Gasteiger partial charge on any atom is 0.243 e. The highest BCUT2D eigenvalue weighted by Crippen LogP contribution is 2.29. The van der Waals surface area contributed by atoms with Gasteiger partial charge in [0.05, 0.1) is 12.5 Å². The Morgan fingerprint density at radius 2 is 2.04 bits per heavy atom. The minimum atomic E-state index is -0.374. The van der Waals surface area contributed by atoms with Crippen LogP contribution < -0.4 is 10.6 Å². The summed E-state index contributed by atoms with van der Waals surface area (Å²) >= 11 is 0. The van der Waals surface area contributed by atoms with Gasteiger partial charge in [0.25, 0.3) is 0 Å². The van der Waals surface area contributed by atoms with Crippen LogP contribution in [0.3, 0.4) is 0 Å². The summed E-state index contributed by atoms with van der Waals surface area (Å²) in [6.07, 6.45) is 9.91. The molecule has 1 aliphatic heterocycles. The first-order chi connectivity index (χ1) is 12.6. The number of benzene rings is 1. The monoisotopic (exact) mass is 353 g/mol. The summed E-state index contributed by atoms with van der Waals surface area (Å²) in [6.45, 7) is 0.328. The number of nitrogens with zero attached hydrogens (tertiary/aromatic N) is 1. The van der Waals surface area contributed by atoms with Gasteiger partial charge in [0, 0.05) is 30.3 Å². The fraction of sp³-hybridized carbons (Fsp3) is 0.450. The maximum atomic E-state index is 12.3. The Labute approximate surface area is 153 Å². The second-order valence-corrected chi connectivity index (χ2v) is 6.88. The zero-order valence-corrected chi connectivity index (χ0v) is 14.7. The summed E-state index contributed by atoms with van der Waals surface area (Å²) < 4.78 is 0. The van der Waals surface area contributed by atoms with Gasteiger partial charge in [-0.05, 0) is 31.0 Å². The second-order valence-electron chi connectivity index (χ2n) is 6.88. The van der Waals surface area contributed by atoms with Crippen LogP contribution in [0.15, 0.2) is 24.3 Å². The third-order valence-electron chi connectivity index (χ3n) is 5.03.